The van der Waals surface area contributed by atoms with Gasteiger partial charge in [0.25, 0.3) is 0 Å². The lowest BCUT2D eigenvalue weighted by atomic mass is 10.2. The molecule has 0 radical (unpaired) electrons. The summed E-state index contributed by atoms with van der Waals surface area (Å²) >= 11 is 3.35. The van der Waals surface area contributed by atoms with E-state index in [1.165, 1.54) is 26.5 Å². The first kappa shape index (κ1) is 25.4. The number of amides is 2. The van der Waals surface area contributed by atoms with Gasteiger partial charge in [-0.05, 0) is 61.0 Å². The summed E-state index contributed by atoms with van der Waals surface area (Å²) in [6.45, 7) is 1.87. The highest BCUT2D eigenvalue weighted by Crippen LogP contribution is 2.29. The lowest BCUT2D eigenvalue weighted by Gasteiger charge is -2.11. The number of esters is 1. The molecule has 3 aromatic rings. The molecule has 35 heavy (non-hydrogen) atoms. The Kier molecular flexibility index (Phi) is 8.58. The zero-order valence-electron chi connectivity index (χ0n) is 19.1. The predicted molar refractivity (Wildman–Crippen MR) is 134 cm³/mol. The molecule has 0 saturated carbocycles. The van der Waals surface area contributed by atoms with E-state index < -0.39 is 17.8 Å². The minimum atomic E-state index is -0.957. The van der Waals surface area contributed by atoms with Crippen molar-refractivity contribution in [3.63, 3.8) is 0 Å². The van der Waals surface area contributed by atoms with Gasteiger partial charge in [-0.15, -0.1) is 0 Å². The molecule has 3 rings (SSSR count). The van der Waals surface area contributed by atoms with Gasteiger partial charge in [-0.25, -0.2) is 10.2 Å². The third kappa shape index (κ3) is 6.90. The molecule has 0 unspecified atom stereocenters. The van der Waals surface area contributed by atoms with Crippen LogP contribution in [-0.2, 0) is 9.59 Å². The summed E-state index contributed by atoms with van der Waals surface area (Å²) in [5.41, 5.74) is 4.21. The molecule has 0 fully saturated rings. The summed E-state index contributed by atoms with van der Waals surface area (Å²) in [6, 6.07) is 16.6. The molecule has 10 heteroatoms. The first-order valence-corrected chi connectivity index (χ1v) is 11.0. The Labute approximate surface area is 210 Å². The molecular weight excluding hydrogens is 518 g/mol. The number of carbonyl (C=O) groups is 3. The largest absolute Gasteiger partial charge is 0.493 e. The summed E-state index contributed by atoms with van der Waals surface area (Å²) < 4.78 is 16.6. The van der Waals surface area contributed by atoms with Gasteiger partial charge < -0.3 is 19.5 Å². The fourth-order valence-electron chi connectivity index (χ4n) is 2.96. The van der Waals surface area contributed by atoms with E-state index in [-0.39, 0.29) is 11.3 Å². The molecule has 0 bridgehead atoms. The number of benzene rings is 3. The van der Waals surface area contributed by atoms with Crippen LogP contribution in [-0.4, -0.2) is 38.2 Å². The molecule has 0 aliphatic heterocycles. The smallest absolute Gasteiger partial charge is 0.343 e. The van der Waals surface area contributed by atoms with E-state index in [2.05, 4.69) is 31.8 Å². The Morgan fingerprint density at radius 3 is 2.34 bits per heavy atom. The second-order valence-corrected chi connectivity index (χ2v) is 8.08. The van der Waals surface area contributed by atoms with Crippen LogP contribution in [0.2, 0.25) is 0 Å². The van der Waals surface area contributed by atoms with E-state index in [0.29, 0.717) is 27.2 Å². The van der Waals surface area contributed by atoms with E-state index in [4.69, 9.17) is 14.2 Å². The molecule has 9 nitrogen and oxygen atoms in total. The summed E-state index contributed by atoms with van der Waals surface area (Å²) in [4.78, 5) is 36.9. The average Bonchev–Trinajstić information content (AvgIpc) is 2.84. The molecule has 2 N–H and O–H groups in total. The predicted octanol–water partition coefficient (Wildman–Crippen LogP) is 4.08. The highest BCUT2D eigenvalue weighted by molar-refractivity contribution is 9.10. The molecule has 0 aromatic heterocycles. The number of methoxy groups -OCH3 is 2. The Hall–Kier alpha value is -4.18. The first-order valence-electron chi connectivity index (χ1n) is 10.3. The van der Waals surface area contributed by atoms with Gasteiger partial charge >= 0.3 is 17.8 Å². The number of hydrazone groups is 1. The van der Waals surface area contributed by atoms with E-state index in [0.717, 1.165) is 5.56 Å². The van der Waals surface area contributed by atoms with Crippen molar-refractivity contribution in [2.45, 2.75) is 6.92 Å². The summed E-state index contributed by atoms with van der Waals surface area (Å²) in [5.74, 6) is -1.42. The number of hydrogen-bond acceptors (Lipinski definition) is 7. The number of carbonyl (C=O) groups excluding carboxylic acids is 3. The van der Waals surface area contributed by atoms with Crippen LogP contribution in [0.5, 0.6) is 17.2 Å². The second-order valence-electron chi connectivity index (χ2n) is 7.16. The van der Waals surface area contributed by atoms with Crippen LogP contribution in [0.25, 0.3) is 0 Å². The topological polar surface area (TPSA) is 115 Å². The number of hydrogen-bond donors (Lipinski definition) is 2. The van der Waals surface area contributed by atoms with Crippen molar-refractivity contribution in [2.75, 3.05) is 19.5 Å². The van der Waals surface area contributed by atoms with Crippen LogP contribution in [0.15, 0.2) is 70.2 Å². The summed E-state index contributed by atoms with van der Waals surface area (Å²) in [7, 11) is 2.96. The fraction of sp³-hybridized carbons (Fsp3) is 0.120. The number of aryl methyl sites for hydroxylation is 1. The van der Waals surface area contributed by atoms with Gasteiger partial charge in [-0.2, -0.15) is 5.10 Å². The Balaban J connectivity index is 1.69. The summed E-state index contributed by atoms with van der Waals surface area (Å²) in [5, 5.41) is 6.31. The number of ether oxygens (including phenoxy) is 3. The molecule has 0 aliphatic rings. The number of anilines is 1. The molecule has 180 valence electrons. The molecule has 0 spiro atoms. The minimum absolute atomic E-state index is 0.190. The van der Waals surface area contributed by atoms with Crippen LogP contribution >= 0.6 is 15.9 Å². The van der Waals surface area contributed by atoms with E-state index in [9.17, 15) is 14.4 Å². The van der Waals surface area contributed by atoms with Crippen LogP contribution in [0, 0.1) is 6.92 Å². The van der Waals surface area contributed by atoms with Crippen molar-refractivity contribution in [1.29, 1.82) is 0 Å². The SMILES string of the molecule is COc1ccc(C(=O)Oc2ccc(Br)cc2/C=N\NC(=O)C(=O)Nc2cccc(C)c2)cc1OC. The molecule has 3 aromatic carbocycles. The van der Waals surface area contributed by atoms with E-state index in [1.807, 2.05) is 13.0 Å². The van der Waals surface area contributed by atoms with Crippen molar-refractivity contribution in [3.8, 4) is 17.2 Å². The maximum atomic E-state index is 12.7. The average molecular weight is 540 g/mol. The van der Waals surface area contributed by atoms with Crippen molar-refractivity contribution in [2.24, 2.45) is 5.10 Å². The summed E-state index contributed by atoms with van der Waals surface area (Å²) in [6.07, 6.45) is 1.26. The van der Waals surface area contributed by atoms with E-state index in [1.54, 1.807) is 48.5 Å². The van der Waals surface area contributed by atoms with Gasteiger partial charge in [0.05, 0.1) is 26.0 Å². The monoisotopic (exact) mass is 539 g/mol. The maximum absolute atomic E-state index is 12.7. The maximum Gasteiger partial charge on any atom is 0.343 e. The number of rotatable bonds is 7. The lowest BCUT2D eigenvalue weighted by Crippen LogP contribution is -2.32. The Morgan fingerprint density at radius 1 is 0.886 bits per heavy atom. The van der Waals surface area contributed by atoms with Crippen molar-refractivity contribution in [1.82, 2.24) is 5.43 Å². The Morgan fingerprint density at radius 2 is 1.63 bits per heavy atom. The number of nitrogens with zero attached hydrogens (tertiary/aromatic N) is 1. The molecule has 0 atom stereocenters. The molecule has 2 amide bonds. The van der Waals surface area contributed by atoms with Crippen molar-refractivity contribution < 1.29 is 28.6 Å². The lowest BCUT2D eigenvalue weighted by molar-refractivity contribution is -0.136. The van der Waals surface area contributed by atoms with Gasteiger partial charge in [-0.1, -0.05) is 28.1 Å². The van der Waals surface area contributed by atoms with Gasteiger partial charge in [0.1, 0.15) is 5.75 Å². The third-order valence-electron chi connectivity index (χ3n) is 4.65. The van der Waals surface area contributed by atoms with Gasteiger partial charge in [0.2, 0.25) is 0 Å². The Bertz CT molecular complexity index is 1290. The zero-order valence-corrected chi connectivity index (χ0v) is 20.7. The number of halogens is 1. The van der Waals surface area contributed by atoms with Crippen LogP contribution in [0.3, 0.4) is 0 Å². The van der Waals surface area contributed by atoms with Gasteiger partial charge in [0.15, 0.2) is 11.5 Å². The molecular formula is C25H22BrN3O6. The molecule has 0 saturated heterocycles. The van der Waals surface area contributed by atoms with Crippen LogP contribution < -0.4 is 25.0 Å². The van der Waals surface area contributed by atoms with E-state index >= 15 is 0 Å². The van der Waals surface area contributed by atoms with Crippen LogP contribution in [0.1, 0.15) is 21.5 Å². The van der Waals surface area contributed by atoms with Gasteiger partial charge in [0, 0.05) is 15.7 Å². The molecule has 0 heterocycles. The number of nitrogens with one attached hydrogen (secondary N) is 2. The highest BCUT2D eigenvalue weighted by atomic mass is 79.9. The second kappa shape index (κ2) is 11.8. The fourth-order valence-corrected chi connectivity index (χ4v) is 3.34. The van der Waals surface area contributed by atoms with Crippen LogP contribution in [0.4, 0.5) is 5.69 Å². The zero-order chi connectivity index (χ0) is 25.4. The normalized spacial score (nSPS) is 10.5. The van der Waals surface area contributed by atoms with Crippen molar-refractivity contribution in [3.05, 3.63) is 81.8 Å². The minimum Gasteiger partial charge on any atom is -0.493 e. The highest BCUT2D eigenvalue weighted by Gasteiger charge is 2.16. The third-order valence-corrected chi connectivity index (χ3v) is 5.14. The quantitative estimate of drug-likeness (QED) is 0.154. The van der Waals surface area contributed by atoms with Crippen molar-refractivity contribution >= 4 is 45.6 Å². The van der Waals surface area contributed by atoms with Gasteiger partial charge in [-0.3, -0.25) is 9.59 Å². The molecule has 0 aliphatic carbocycles. The first-order chi connectivity index (χ1) is 16.8. The standard InChI is InChI=1S/C25H22BrN3O6/c1-15-5-4-6-19(11-15)28-23(30)24(31)29-27-14-17-12-18(26)8-10-20(17)35-25(32)16-7-9-21(33-2)22(13-16)34-3/h4-14H,1-3H3,(H,28,30)(H,29,31)/b27-14-.